The first kappa shape index (κ1) is 15.5. The zero-order valence-corrected chi connectivity index (χ0v) is 12.6. The van der Waals surface area contributed by atoms with E-state index in [1.807, 2.05) is 12.1 Å². The lowest BCUT2D eigenvalue weighted by Gasteiger charge is -2.41. The van der Waals surface area contributed by atoms with Gasteiger partial charge < -0.3 is 10.1 Å². The quantitative estimate of drug-likeness (QED) is 0.857. The van der Waals surface area contributed by atoms with Crippen molar-refractivity contribution in [3.63, 3.8) is 0 Å². The molecule has 1 aliphatic rings. The van der Waals surface area contributed by atoms with E-state index in [1.54, 1.807) is 6.07 Å². The van der Waals surface area contributed by atoms with Crippen LogP contribution in [-0.4, -0.2) is 24.8 Å². The minimum absolute atomic E-state index is 0.116. The van der Waals surface area contributed by atoms with Gasteiger partial charge in [-0.25, -0.2) is 4.39 Å². The summed E-state index contributed by atoms with van der Waals surface area (Å²) in [6.07, 6.45) is 5.13. The summed E-state index contributed by atoms with van der Waals surface area (Å²) in [6.45, 7) is 6.08. The van der Waals surface area contributed by atoms with Crippen LogP contribution in [-0.2, 0) is 11.2 Å². The van der Waals surface area contributed by atoms with Crippen molar-refractivity contribution in [2.75, 3.05) is 13.2 Å². The van der Waals surface area contributed by atoms with Crippen LogP contribution < -0.4 is 5.32 Å². The van der Waals surface area contributed by atoms with E-state index in [2.05, 4.69) is 19.2 Å². The average molecular weight is 279 g/mol. The summed E-state index contributed by atoms with van der Waals surface area (Å²) in [5.74, 6) is -0.116. The molecule has 0 amide bonds. The summed E-state index contributed by atoms with van der Waals surface area (Å²) in [4.78, 5) is 0. The van der Waals surface area contributed by atoms with Gasteiger partial charge >= 0.3 is 0 Å². The molecule has 0 radical (unpaired) electrons. The van der Waals surface area contributed by atoms with E-state index in [9.17, 15) is 4.39 Å². The van der Waals surface area contributed by atoms with Gasteiger partial charge in [-0.15, -0.1) is 0 Å². The molecule has 1 aliphatic heterocycles. The summed E-state index contributed by atoms with van der Waals surface area (Å²) in [5, 5.41) is 3.56. The number of ether oxygens (including phenoxy) is 1. The van der Waals surface area contributed by atoms with Crippen LogP contribution in [0.5, 0.6) is 0 Å². The van der Waals surface area contributed by atoms with Gasteiger partial charge in [-0.05, 0) is 57.2 Å². The fourth-order valence-corrected chi connectivity index (χ4v) is 2.94. The van der Waals surface area contributed by atoms with Gasteiger partial charge in [0.25, 0.3) is 0 Å². The van der Waals surface area contributed by atoms with E-state index in [0.717, 1.165) is 38.0 Å². The smallest absolute Gasteiger partial charge is 0.126 e. The molecular formula is C17H26FNO. The molecule has 1 heterocycles. The van der Waals surface area contributed by atoms with E-state index >= 15 is 0 Å². The fourth-order valence-electron chi connectivity index (χ4n) is 2.94. The molecule has 1 aromatic carbocycles. The Morgan fingerprint density at radius 3 is 2.80 bits per heavy atom. The highest BCUT2D eigenvalue weighted by atomic mass is 19.1. The van der Waals surface area contributed by atoms with E-state index in [0.29, 0.717) is 6.42 Å². The maximum atomic E-state index is 13.9. The van der Waals surface area contributed by atoms with Crippen LogP contribution in [0.1, 0.15) is 45.1 Å². The van der Waals surface area contributed by atoms with Crippen molar-refractivity contribution in [3.8, 4) is 0 Å². The molecule has 2 nitrogen and oxygen atoms in total. The summed E-state index contributed by atoms with van der Waals surface area (Å²) in [7, 11) is 0. The molecular weight excluding hydrogens is 253 g/mol. The zero-order valence-electron chi connectivity index (χ0n) is 12.6. The molecule has 1 N–H and O–H groups in total. The Morgan fingerprint density at radius 1 is 1.35 bits per heavy atom. The molecule has 0 aliphatic carbocycles. The van der Waals surface area contributed by atoms with Crippen molar-refractivity contribution < 1.29 is 9.13 Å². The standard InChI is InChI=1S/C17H26FNO/c1-3-11-19-16(17(2)10-6-7-12-20-17)13-14-8-4-5-9-15(14)18/h4-5,8-9,16,19H,3,6-7,10-13H2,1-2H3. The van der Waals surface area contributed by atoms with Gasteiger partial charge in [0.05, 0.1) is 5.60 Å². The second-order valence-electron chi connectivity index (χ2n) is 5.92. The molecule has 0 spiro atoms. The van der Waals surface area contributed by atoms with Crippen molar-refractivity contribution in [3.05, 3.63) is 35.6 Å². The third-order valence-corrected chi connectivity index (χ3v) is 4.26. The van der Waals surface area contributed by atoms with Gasteiger partial charge in [0, 0.05) is 12.6 Å². The molecule has 3 heteroatoms. The van der Waals surface area contributed by atoms with Crippen molar-refractivity contribution in [2.24, 2.45) is 0 Å². The Hall–Kier alpha value is -0.930. The van der Waals surface area contributed by atoms with Crippen molar-refractivity contribution in [1.82, 2.24) is 5.32 Å². The summed E-state index contributed by atoms with van der Waals surface area (Å²) < 4.78 is 19.9. The van der Waals surface area contributed by atoms with Crippen LogP contribution in [0.15, 0.2) is 24.3 Å². The molecule has 1 fully saturated rings. The van der Waals surface area contributed by atoms with Crippen LogP contribution in [0, 0.1) is 5.82 Å². The second-order valence-corrected chi connectivity index (χ2v) is 5.92. The number of hydrogen-bond acceptors (Lipinski definition) is 2. The maximum absolute atomic E-state index is 13.9. The van der Waals surface area contributed by atoms with Crippen LogP contribution in [0.3, 0.4) is 0 Å². The first-order valence-electron chi connectivity index (χ1n) is 7.76. The van der Waals surface area contributed by atoms with E-state index in [1.165, 1.54) is 12.5 Å². The van der Waals surface area contributed by atoms with Crippen LogP contribution in [0.4, 0.5) is 4.39 Å². The van der Waals surface area contributed by atoms with E-state index in [4.69, 9.17) is 4.74 Å². The molecule has 0 bridgehead atoms. The minimum atomic E-state index is -0.185. The van der Waals surface area contributed by atoms with Crippen molar-refractivity contribution in [1.29, 1.82) is 0 Å². The molecule has 1 saturated heterocycles. The topological polar surface area (TPSA) is 21.3 Å². The molecule has 20 heavy (non-hydrogen) atoms. The number of benzene rings is 1. The number of halogens is 1. The first-order valence-corrected chi connectivity index (χ1v) is 7.76. The van der Waals surface area contributed by atoms with E-state index in [-0.39, 0.29) is 17.5 Å². The van der Waals surface area contributed by atoms with Crippen molar-refractivity contribution >= 4 is 0 Å². The Bertz CT molecular complexity index is 415. The predicted octanol–water partition coefficient (Wildman–Crippen LogP) is 3.70. The van der Waals surface area contributed by atoms with Crippen LogP contribution in [0.25, 0.3) is 0 Å². The highest BCUT2D eigenvalue weighted by Gasteiger charge is 2.36. The first-order chi connectivity index (χ1) is 9.65. The summed E-state index contributed by atoms with van der Waals surface area (Å²) in [5.41, 5.74) is 0.590. The van der Waals surface area contributed by atoms with Gasteiger partial charge in [-0.3, -0.25) is 0 Å². The monoisotopic (exact) mass is 279 g/mol. The second kappa shape index (κ2) is 7.19. The lowest BCUT2D eigenvalue weighted by atomic mass is 9.84. The van der Waals surface area contributed by atoms with Gasteiger partial charge in [0.15, 0.2) is 0 Å². The highest BCUT2D eigenvalue weighted by Crippen LogP contribution is 2.30. The lowest BCUT2D eigenvalue weighted by molar-refractivity contribution is -0.0884. The molecule has 2 unspecified atom stereocenters. The largest absolute Gasteiger partial charge is 0.374 e. The van der Waals surface area contributed by atoms with Crippen LogP contribution >= 0.6 is 0 Å². The molecule has 0 saturated carbocycles. The number of nitrogens with one attached hydrogen (secondary N) is 1. The summed E-state index contributed by atoms with van der Waals surface area (Å²) in [6, 6.07) is 7.23. The van der Waals surface area contributed by atoms with Crippen molar-refractivity contribution in [2.45, 2.75) is 57.6 Å². The average Bonchev–Trinajstić information content (AvgIpc) is 2.46. The Balaban J connectivity index is 2.12. The zero-order chi connectivity index (χ0) is 14.4. The number of rotatable bonds is 6. The van der Waals surface area contributed by atoms with Gasteiger partial charge in [0.2, 0.25) is 0 Å². The maximum Gasteiger partial charge on any atom is 0.126 e. The molecule has 2 rings (SSSR count). The minimum Gasteiger partial charge on any atom is -0.374 e. The predicted molar refractivity (Wildman–Crippen MR) is 80.4 cm³/mol. The lowest BCUT2D eigenvalue weighted by Crippen LogP contribution is -2.53. The molecule has 0 aromatic heterocycles. The third-order valence-electron chi connectivity index (χ3n) is 4.26. The van der Waals surface area contributed by atoms with Gasteiger partial charge in [-0.1, -0.05) is 25.1 Å². The normalized spacial score (nSPS) is 24.6. The fraction of sp³-hybridized carbons (Fsp3) is 0.647. The molecule has 1 aromatic rings. The SMILES string of the molecule is CCCNC(Cc1ccccc1F)C1(C)CCCCO1. The van der Waals surface area contributed by atoms with Crippen LogP contribution in [0.2, 0.25) is 0 Å². The highest BCUT2D eigenvalue weighted by molar-refractivity contribution is 5.19. The third kappa shape index (κ3) is 3.80. The Labute approximate surface area is 121 Å². The Morgan fingerprint density at radius 2 is 2.15 bits per heavy atom. The number of hydrogen-bond donors (Lipinski definition) is 1. The Kier molecular flexibility index (Phi) is 5.55. The van der Waals surface area contributed by atoms with Gasteiger partial charge in [0.1, 0.15) is 5.82 Å². The van der Waals surface area contributed by atoms with E-state index < -0.39 is 0 Å². The van der Waals surface area contributed by atoms with Gasteiger partial charge in [-0.2, -0.15) is 0 Å². The molecule has 2 atom stereocenters. The molecule has 112 valence electrons. The summed E-state index contributed by atoms with van der Waals surface area (Å²) >= 11 is 0.